The predicted octanol–water partition coefficient (Wildman–Crippen LogP) is 1.80. The Hall–Kier alpha value is -1.54. The maximum atomic E-state index is 13.0. The van der Waals surface area contributed by atoms with E-state index in [0.717, 1.165) is 31.2 Å². The second kappa shape index (κ2) is 5.34. The highest BCUT2D eigenvalue weighted by atomic mass is 32.2. The molecular formula is C13H15F2NO4S. The van der Waals surface area contributed by atoms with Crippen molar-refractivity contribution in [3.05, 3.63) is 29.8 Å². The van der Waals surface area contributed by atoms with Crippen molar-refractivity contribution in [2.24, 2.45) is 11.8 Å². The molecule has 2 N–H and O–H groups in total. The number of benzene rings is 1. The van der Waals surface area contributed by atoms with Crippen LogP contribution in [0.1, 0.15) is 18.9 Å². The number of carboxylic acids is 1. The molecule has 1 aliphatic carbocycles. The first-order chi connectivity index (χ1) is 9.61. The number of aliphatic carboxylic acids is 1. The summed E-state index contributed by atoms with van der Waals surface area (Å²) in [5.41, 5.74) is -0.269. The highest BCUT2D eigenvalue weighted by Gasteiger charge is 2.43. The lowest BCUT2D eigenvalue weighted by Crippen LogP contribution is -2.26. The lowest BCUT2D eigenvalue weighted by Gasteiger charge is -2.11. The van der Waals surface area contributed by atoms with Crippen molar-refractivity contribution in [3.63, 3.8) is 0 Å². The summed E-state index contributed by atoms with van der Waals surface area (Å²) in [7, 11) is -3.81. The summed E-state index contributed by atoms with van der Waals surface area (Å²) in [6, 6.07) is 4.34. The van der Waals surface area contributed by atoms with Crippen LogP contribution in [0.2, 0.25) is 0 Å². The first kappa shape index (κ1) is 15.8. The van der Waals surface area contributed by atoms with E-state index in [2.05, 4.69) is 4.72 Å². The molecule has 0 aromatic heterocycles. The van der Waals surface area contributed by atoms with Gasteiger partial charge in [-0.2, -0.15) is 0 Å². The molecule has 8 heteroatoms. The van der Waals surface area contributed by atoms with Gasteiger partial charge in [0.05, 0.1) is 10.8 Å². The molecule has 116 valence electrons. The van der Waals surface area contributed by atoms with Crippen LogP contribution >= 0.6 is 0 Å². The van der Waals surface area contributed by atoms with Crippen molar-refractivity contribution in [1.82, 2.24) is 4.72 Å². The molecule has 1 aromatic carbocycles. The number of halogens is 2. The van der Waals surface area contributed by atoms with E-state index in [1.807, 2.05) is 0 Å². The molecule has 1 aromatic rings. The number of hydrogen-bond acceptors (Lipinski definition) is 3. The normalized spacial score (nSPS) is 22.0. The average Bonchev–Trinajstić information content (AvgIpc) is 3.15. The van der Waals surface area contributed by atoms with E-state index in [0.29, 0.717) is 6.42 Å². The van der Waals surface area contributed by atoms with E-state index in [1.54, 1.807) is 0 Å². The number of alkyl halides is 2. The minimum absolute atomic E-state index is 0.0327. The number of carboxylic acid groups (broad SMARTS) is 1. The number of carbonyl (C=O) groups is 1. The minimum Gasteiger partial charge on any atom is -0.481 e. The van der Waals surface area contributed by atoms with Gasteiger partial charge in [-0.3, -0.25) is 4.79 Å². The highest BCUT2D eigenvalue weighted by molar-refractivity contribution is 7.89. The van der Waals surface area contributed by atoms with Crippen LogP contribution in [0, 0.1) is 11.8 Å². The Labute approximate surface area is 121 Å². The Bertz CT molecular complexity index is 637. The minimum atomic E-state index is -3.81. The largest absolute Gasteiger partial charge is 0.481 e. The third kappa shape index (κ3) is 3.76. The molecule has 0 aliphatic heterocycles. The third-order valence-corrected chi connectivity index (χ3v) is 4.89. The average molecular weight is 319 g/mol. The molecule has 1 aliphatic rings. The fraction of sp³-hybridized carbons (Fsp3) is 0.462. The molecule has 0 amide bonds. The van der Waals surface area contributed by atoms with E-state index < -0.39 is 27.8 Å². The molecule has 0 heterocycles. The molecule has 0 saturated heterocycles. The standard InChI is InChI=1S/C13H15F2NO4S/c1-13(14,15)9-2-4-10(5-3-9)21(19,20)16-7-8-6-11(8)12(17)18/h2-5,8,11,16H,6-7H2,1H3,(H,17,18)/t8-,11+/m0/s1. The van der Waals surface area contributed by atoms with Crippen LogP contribution in [-0.4, -0.2) is 26.0 Å². The van der Waals surface area contributed by atoms with Crippen molar-refractivity contribution >= 4 is 16.0 Å². The molecule has 21 heavy (non-hydrogen) atoms. The third-order valence-electron chi connectivity index (χ3n) is 3.45. The first-order valence-electron chi connectivity index (χ1n) is 6.32. The van der Waals surface area contributed by atoms with Gasteiger partial charge in [-0.15, -0.1) is 0 Å². The summed E-state index contributed by atoms with van der Waals surface area (Å²) in [4.78, 5) is 10.5. The summed E-state index contributed by atoms with van der Waals surface area (Å²) >= 11 is 0. The van der Waals surface area contributed by atoms with Crippen LogP contribution in [0.15, 0.2) is 29.2 Å². The van der Waals surface area contributed by atoms with E-state index in [-0.39, 0.29) is 22.9 Å². The second-order valence-electron chi connectivity index (χ2n) is 5.21. The summed E-state index contributed by atoms with van der Waals surface area (Å²) in [5, 5.41) is 8.73. The number of nitrogens with one attached hydrogen (secondary N) is 1. The fourth-order valence-corrected chi connectivity index (χ4v) is 3.10. The van der Waals surface area contributed by atoms with Crippen LogP contribution in [0.3, 0.4) is 0 Å². The molecule has 2 atom stereocenters. The molecule has 2 rings (SSSR count). The Balaban J connectivity index is 2.01. The predicted molar refractivity (Wildman–Crippen MR) is 70.4 cm³/mol. The van der Waals surface area contributed by atoms with Gasteiger partial charge in [0.1, 0.15) is 0 Å². The fourth-order valence-electron chi connectivity index (χ4n) is 2.00. The Morgan fingerprint density at radius 1 is 1.38 bits per heavy atom. The van der Waals surface area contributed by atoms with Crippen molar-refractivity contribution in [3.8, 4) is 0 Å². The summed E-state index contributed by atoms with van der Waals surface area (Å²) < 4.78 is 52.3. The Kier molecular flexibility index (Phi) is 4.03. The van der Waals surface area contributed by atoms with Crippen molar-refractivity contribution in [2.75, 3.05) is 6.54 Å². The molecule has 0 bridgehead atoms. The van der Waals surface area contributed by atoms with Gasteiger partial charge in [0, 0.05) is 19.0 Å². The Morgan fingerprint density at radius 2 is 1.95 bits per heavy atom. The molecule has 0 radical (unpaired) electrons. The van der Waals surface area contributed by atoms with Gasteiger partial charge in [-0.05, 0) is 24.5 Å². The summed E-state index contributed by atoms with van der Waals surface area (Å²) in [5.74, 6) is -4.68. The molecule has 1 fully saturated rings. The van der Waals surface area contributed by atoms with Gasteiger partial charge in [0.15, 0.2) is 0 Å². The maximum absolute atomic E-state index is 13.0. The van der Waals surface area contributed by atoms with Crippen molar-refractivity contribution < 1.29 is 27.1 Å². The molecular weight excluding hydrogens is 304 g/mol. The lowest BCUT2D eigenvalue weighted by molar-refractivity contribution is -0.138. The zero-order chi connectivity index (χ0) is 15.8. The molecule has 1 saturated carbocycles. The van der Waals surface area contributed by atoms with E-state index in [9.17, 15) is 22.0 Å². The second-order valence-corrected chi connectivity index (χ2v) is 6.97. The van der Waals surface area contributed by atoms with Crippen LogP contribution in [-0.2, 0) is 20.7 Å². The van der Waals surface area contributed by atoms with Gasteiger partial charge < -0.3 is 5.11 Å². The van der Waals surface area contributed by atoms with E-state index in [4.69, 9.17) is 5.11 Å². The van der Waals surface area contributed by atoms with Gasteiger partial charge >= 0.3 is 5.97 Å². The lowest BCUT2D eigenvalue weighted by atomic mass is 10.1. The number of rotatable bonds is 6. The number of hydrogen-bond donors (Lipinski definition) is 2. The zero-order valence-electron chi connectivity index (χ0n) is 11.2. The molecule has 0 spiro atoms. The zero-order valence-corrected chi connectivity index (χ0v) is 12.0. The van der Waals surface area contributed by atoms with Crippen LogP contribution < -0.4 is 4.72 Å². The van der Waals surface area contributed by atoms with Crippen molar-refractivity contribution in [2.45, 2.75) is 24.2 Å². The van der Waals surface area contributed by atoms with E-state index >= 15 is 0 Å². The SMILES string of the molecule is CC(F)(F)c1ccc(S(=O)(=O)NC[C@@H]2C[C@H]2C(=O)O)cc1. The van der Waals surface area contributed by atoms with Crippen LogP contribution in [0.5, 0.6) is 0 Å². The number of sulfonamides is 1. The molecule has 0 unspecified atom stereocenters. The quantitative estimate of drug-likeness (QED) is 0.837. The monoisotopic (exact) mass is 319 g/mol. The van der Waals surface area contributed by atoms with Gasteiger partial charge in [-0.1, -0.05) is 12.1 Å². The first-order valence-corrected chi connectivity index (χ1v) is 7.80. The van der Waals surface area contributed by atoms with Crippen molar-refractivity contribution in [1.29, 1.82) is 0 Å². The molecule has 5 nitrogen and oxygen atoms in total. The highest BCUT2D eigenvalue weighted by Crippen LogP contribution is 2.38. The van der Waals surface area contributed by atoms with E-state index in [1.165, 1.54) is 0 Å². The Morgan fingerprint density at radius 3 is 2.38 bits per heavy atom. The summed E-state index contributed by atoms with van der Waals surface area (Å²) in [6.07, 6.45) is 0.443. The summed E-state index contributed by atoms with van der Waals surface area (Å²) in [6.45, 7) is 0.763. The smallest absolute Gasteiger partial charge is 0.306 e. The van der Waals surface area contributed by atoms with Gasteiger partial charge in [0.25, 0.3) is 5.92 Å². The van der Waals surface area contributed by atoms with Crippen LogP contribution in [0.4, 0.5) is 8.78 Å². The van der Waals surface area contributed by atoms with Gasteiger partial charge in [0.2, 0.25) is 10.0 Å². The van der Waals surface area contributed by atoms with Crippen LogP contribution in [0.25, 0.3) is 0 Å². The maximum Gasteiger partial charge on any atom is 0.306 e. The topological polar surface area (TPSA) is 83.5 Å². The van der Waals surface area contributed by atoms with Gasteiger partial charge in [-0.25, -0.2) is 21.9 Å².